The highest BCUT2D eigenvalue weighted by Crippen LogP contribution is 2.03. The highest BCUT2D eigenvalue weighted by atomic mass is 32.1. The van der Waals surface area contributed by atoms with Gasteiger partial charge in [0.25, 0.3) is 0 Å². The topological polar surface area (TPSA) is 63.6 Å². The minimum absolute atomic E-state index is 0.167. The van der Waals surface area contributed by atoms with Crippen molar-refractivity contribution in [3.8, 4) is 5.69 Å². The van der Waals surface area contributed by atoms with Gasteiger partial charge in [-0.25, -0.2) is 4.68 Å². The Morgan fingerprint density at radius 2 is 1.88 bits per heavy atom. The zero-order valence-corrected chi connectivity index (χ0v) is 9.86. The van der Waals surface area contributed by atoms with Crippen LogP contribution in [0.5, 0.6) is 0 Å². The summed E-state index contributed by atoms with van der Waals surface area (Å²) in [6.07, 6.45) is 0. The van der Waals surface area contributed by atoms with Crippen LogP contribution < -0.4 is 0 Å². The predicted octanol–water partition coefficient (Wildman–Crippen LogP) is 1.92. The normalized spacial score (nSPS) is 9.12. The van der Waals surface area contributed by atoms with Crippen molar-refractivity contribution in [3.63, 3.8) is 0 Å². The molecule has 0 radical (unpaired) electrons. The second-order valence-electron chi connectivity index (χ2n) is 3.16. The van der Waals surface area contributed by atoms with Crippen LogP contribution >= 0.6 is 12.2 Å². The van der Waals surface area contributed by atoms with Crippen molar-refractivity contribution in [1.29, 1.82) is 0 Å². The van der Waals surface area contributed by atoms with Crippen molar-refractivity contribution in [3.05, 3.63) is 35.1 Å². The van der Waals surface area contributed by atoms with Gasteiger partial charge in [-0.2, -0.15) is 5.21 Å². The van der Waals surface area contributed by atoms with Crippen molar-refractivity contribution in [1.82, 2.24) is 20.2 Å². The Hall–Kier alpha value is -1.82. The number of para-hydroxylation sites is 1. The molecule has 5 nitrogen and oxygen atoms in total. The summed E-state index contributed by atoms with van der Waals surface area (Å²) in [5.41, 5.74) is 0.938. The molecule has 16 heavy (non-hydrogen) atoms. The van der Waals surface area contributed by atoms with Crippen molar-refractivity contribution in [2.45, 2.75) is 13.8 Å². The van der Waals surface area contributed by atoms with Gasteiger partial charge < -0.3 is 4.79 Å². The summed E-state index contributed by atoms with van der Waals surface area (Å²) in [5, 5.41) is 9.92. The second-order valence-corrected chi connectivity index (χ2v) is 3.53. The fourth-order valence-electron chi connectivity index (χ4n) is 0.943. The van der Waals surface area contributed by atoms with E-state index in [2.05, 4.69) is 15.5 Å². The molecule has 6 heteroatoms. The molecule has 2 aromatic rings. The first-order valence-corrected chi connectivity index (χ1v) is 5.05. The first kappa shape index (κ1) is 12.3. The highest BCUT2D eigenvalue weighted by molar-refractivity contribution is 7.71. The summed E-state index contributed by atoms with van der Waals surface area (Å²) in [6.45, 7) is 3.06. The second kappa shape index (κ2) is 5.92. The van der Waals surface area contributed by atoms with E-state index in [4.69, 9.17) is 12.2 Å². The lowest BCUT2D eigenvalue weighted by molar-refractivity contribution is -0.114. The van der Waals surface area contributed by atoms with Crippen LogP contribution in [0.2, 0.25) is 0 Å². The average molecular weight is 236 g/mol. The van der Waals surface area contributed by atoms with E-state index in [1.165, 1.54) is 13.8 Å². The molecule has 1 heterocycles. The molecule has 2 rings (SSSR count). The summed E-state index contributed by atoms with van der Waals surface area (Å²) in [4.78, 5) is 9.44. The third-order valence-electron chi connectivity index (χ3n) is 1.49. The molecule has 1 aromatic heterocycles. The van der Waals surface area contributed by atoms with Gasteiger partial charge in [0.2, 0.25) is 4.77 Å². The Bertz CT molecular complexity index is 499. The molecule has 0 amide bonds. The fraction of sp³-hybridized carbons (Fsp3) is 0.200. The number of aromatic nitrogens is 4. The number of H-pyrrole nitrogens is 1. The lowest BCUT2D eigenvalue weighted by atomic mass is 10.3. The standard InChI is InChI=1S/C7H6N4S.C3H6O/c12-7-8-9-10-11(7)6-4-2-1-3-5-6;1-3(2)4/h1-5H,(H,8,10,12);1-2H3. The summed E-state index contributed by atoms with van der Waals surface area (Å²) in [6, 6.07) is 9.65. The van der Waals surface area contributed by atoms with Crippen LogP contribution in [-0.4, -0.2) is 26.0 Å². The maximum Gasteiger partial charge on any atom is 0.242 e. The molecule has 0 aliphatic rings. The minimum atomic E-state index is 0.167. The Morgan fingerprint density at radius 3 is 2.31 bits per heavy atom. The number of Topliss-reactive ketones (excluding diaryl/α,β-unsaturated/α-hetero) is 1. The van der Waals surface area contributed by atoms with Gasteiger partial charge in [0.15, 0.2) is 0 Å². The van der Waals surface area contributed by atoms with Crippen LogP contribution in [0.15, 0.2) is 30.3 Å². The number of aromatic amines is 1. The highest BCUT2D eigenvalue weighted by Gasteiger charge is 1.95. The van der Waals surface area contributed by atoms with Crippen LogP contribution in [0, 0.1) is 4.77 Å². The van der Waals surface area contributed by atoms with Gasteiger partial charge in [-0.05, 0) is 38.2 Å². The molecular formula is C10H12N4OS. The number of carbonyl (C=O) groups excluding carboxylic acids is 1. The zero-order chi connectivity index (χ0) is 12.0. The third-order valence-corrected chi connectivity index (χ3v) is 1.75. The van der Waals surface area contributed by atoms with Crippen molar-refractivity contribution in [2.24, 2.45) is 0 Å². The number of carbonyl (C=O) groups is 1. The van der Waals surface area contributed by atoms with Crippen molar-refractivity contribution >= 4 is 18.0 Å². The number of nitrogens with one attached hydrogen (secondary N) is 1. The zero-order valence-electron chi connectivity index (χ0n) is 9.04. The lowest BCUT2D eigenvalue weighted by Crippen LogP contribution is -1.95. The Kier molecular flexibility index (Phi) is 4.53. The van der Waals surface area contributed by atoms with Crippen LogP contribution in [0.4, 0.5) is 0 Å². The smallest absolute Gasteiger partial charge is 0.242 e. The molecule has 0 aliphatic heterocycles. The molecule has 0 saturated heterocycles. The molecule has 0 spiro atoms. The van der Waals surface area contributed by atoms with Crippen LogP contribution in [0.25, 0.3) is 5.69 Å². The number of nitrogens with zero attached hydrogens (tertiary/aromatic N) is 3. The van der Waals surface area contributed by atoms with Gasteiger partial charge in [0.05, 0.1) is 5.69 Å². The number of benzene rings is 1. The van der Waals surface area contributed by atoms with Gasteiger partial charge >= 0.3 is 0 Å². The molecule has 1 N–H and O–H groups in total. The Balaban J connectivity index is 0.000000280. The summed E-state index contributed by atoms with van der Waals surface area (Å²) < 4.78 is 2.07. The van der Waals surface area contributed by atoms with Gasteiger partial charge in [-0.3, -0.25) is 0 Å². The SMILES string of the molecule is CC(C)=O.S=c1nn[nH]n1-c1ccccc1. The van der Waals surface area contributed by atoms with E-state index in [1.54, 1.807) is 4.68 Å². The largest absolute Gasteiger partial charge is 0.300 e. The van der Waals surface area contributed by atoms with E-state index in [9.17, 15) is 4.79 Å². The maximum atomic E-state index is 9.44. The summed E-state index contributed by atoms with van der Waals surface area (Å²) >= 11 is 4.93. The predicted molar refractivity (Wildman–Crippen MR) is 62.9 cm³/mol. The number of ketones is 1. The van der Waals surface area contributed by atoms with Gasteiger partial charge in [0.1, 0.15) is 5.78 Å². The number of tetrazole rings is 1. The van der Waals surface area contributed by atoms with Gasteiger partial charge in [0, 0.05) is 0 Å². The Labute approximate surface area is 98.1 Å². The molecule has 0 unspecified atom stereocenters. The first-order valence-electron chi connectivity index (χ1n) is 4.64. The number of hydrogen-bond acceptors (Lipinski definition) is 4. The molecular weight excluding hydrogens is 224 g/mol. The maximum absolute atomic E-state index is 9.44. The van der Waals surface area contributed by atoms with Crippen LogP contribution in [0.1, 0.15) is 13.8 Å². The van der Waals surface area contributed by atoms with Gasteiger partial charge in [-0.15, -0.1) is 0 Å². The fourth-order valence-corrected chi connectivity index (χ4v) is 1.13. The van der Waals surface area contributed by atoms with Crippen molar-refractivity contribution in [2.75, 3.05) is 0 Å². The van der Waals surface area contributed by atoms with Gasteiger partial charge in [-0.1, -0.05) is 28.5 Å². The quantitative estimate of drug-likeness (QED) is 0.768. The van der Waals surface area contributed by atoms with E-state index in [-0.39, 0.29) is 5.78 Å². The first-order chi connectivity index (χ1) is 7.61. The molecule has 0 aliphatic carbocycles. The van der Waals surface area contributed by atoms with E-state index in [0.29, 0.717) is 4.77 Å². The third kappa shape index (κ3) is 3.74. The molecule has 0 fully saturated rings. The van der Waals surface area contributed by atoms with E-state index in [1.807, 2.05) is 30.3 Å². The average Bonchev–Trinajstić information content (AvgIpc) is 2.65. The molecule has 0 bridgehead atoms. The van der Waals surface area contributed by atoms with Crippen molar-refractivity contribution < 1.29 is 4.79 Å². The minimum Gasteiger partial charge on any atom is -0.300 e. The van der Waals surface area contributed by atoms with Crippen LogP contribution in [-0.2, 0) is 4.79 Å². The molecule has 0 saturated carbocycles. The van der Waals surface area contributed by atoms with E-state index >= 15 is 0 Å². The molecule has 1 aromatic carbocycles. The van der Waals surface area contributed by atoms with E-state index in [0.717, 1.165) is 5.69 Å². The van der Waals surface area contributed by atoms with E-state index < -0.39 is 0 Å². The van der Waals surface area contributed by atoms with Crippen LogP contribution in [0.3, 0.4) is 0 Å². The number of hydrogen-bond donors (Lipinski definition) is 1. The molecule has 84 valence electrons. The Morgan fingerprint density at radius 1 is 1.31 bits per heavy atom. The molecule has 0 atom stereocenters. The number of rotatable bonds is 1. The monoisotopic (exact) mass is 236 g/mol. The summed E-state index contributed by atoms with van der Waals surface area (Å²) in [5.74, 6) is 0.167. The lowest BCUT2D eigenvalue weighted by Gasteiger charge is -1.97. The summed E-state index contributed by atoms with van der Waals surface area (Å²) in [7, 11) is 0.